The van der Waals surface area contributed by atoms with Crippen molar-refractivity contribution in [1.29, 1.82) is 0 Å². The summed E-state index contributed by atoms with van der Waals surface area (Å²) >= 11 is 0. The average Bonchev–Trinajstić information content (AvgIpc) is 3.03. The normalized spacial score (nSPS) is 26.6. The molecule has 1 N–H and O–H groups in total. The summed E-state index contributed by atoms with van der Waals surface area (Å²) in [6.45, 7) is 2.20. The van der Waals surface area contributed by atoms with Crippen LogP contribution in [0.3, 0.4) is 0 Å². The molecule has 27 heavy (non-hydrogen) atoms. The summed E-state index contributed by atoms with van der Waals surface area (Å²) in [7, 11) is 0. The van der Waals surface area contributed by atoms with E-state index < -0.39 is 5.97 Å². The fourth-order valence-corrected chi connectivity index (χ4v) is 4.43. The minimum Gasteiger partial charge on any atom is -0.545 e. The Labute approximate surface area is 157 Å². The van der Waals surface area contributed by atoms with Crippen molar-refractivity contribution in [3.8, 4) is 11.3 Å². The minimum atomic E-state index is -1.21. The molecule has 2 fully saturated rings. The van der Waals surface area contributed by atoms with Gasteiger partial charge in [-0.3, -0.25) is 4.79 Å². The van der Waals surface area contributed by atoms with E-state index >= 15 is 0 Å². The number of hydrogen-bond acceptors (Lipinski definition) is 5. The fourth-order valence-electron chi connectivity index (χ4n) is 4.43. The summed E-state index contributed by atoms with van der Waals surface area (Å²) in [5.41, 5.74) is 3.67. The first-order valence-electron chi connectivity index (χ1n) is 9.23. The molecule has 1 aromatic carbocycles. The zero-order chi connectivity index (χ0) is 19.0. The number of rotatable bonds is 5. The number of aromatic carboxylic acids is 1. The van der Waals surface area contributed by atoms with Crippen LogP contribution in [0.15, 0.2) is 45.9 Å². The second-order valence-electron chi connectivity index (χ2n) is 7.64. The van der Waals surface area contributed by atoms with Gasteiger partial charge in [-0.2, -0.15) is 5.10 Å². The van der Waals surface area contributed by atoms with Gasteiger partial charge in [0.05, 0.1) is 12.2 Å². The van der Waals surface area contributed by atoms with Gasteiger partial charge >= 0.3 is 0 Å². The van der Waals surface area contributed by atoms with Crippen LogP contribution in [0, 0.1) is 17.3 Å². The van der Waals surface area contributed by atoms with Crippen molar-refractivity contribution < 1.29 is 19.1 Å². The molecule has 3 atom stereocenters. The van der Waals surface area contributed by atoms with Crippen molar-refractivity contribution in [2.24, 2.45) is 22.4 Å². The van der Waals surface area contributed by atoms with Gasteiger partial charge in [-0.1, -0.05) is 44.0 Å². The molecule has 4 rings (SSSR count). The number of fused-ring (bicyclic) bond motifs is 1. The Bertz CT molecular complexity index is 899. The molecule has 0 spiro atoms. The molecule has 6 nitrogen and oxygen atoms in total. The van der Waals surface area contributed by atoms with Crippen molar-refractivity contribution in [2.45, 2.75) is 32.6 Å². The van der Waals surface area contributed by atoms with E-state index in [1.54, 1.807) is 24.3 Å². The van der Waals surface area contributed by atoms with Gasteiger partial charge in [-0.25, -0.2) is 5.43 Å². The van der Waals surface area contributed by atoms with E-state index in [-0.39, 0.29) is 22.8 Å². The lowest BCUT2D eigenvalue weighted by molar-refractivity contribution is -0.255. The standard InChI is InChI=1S/C21H22N2O4/c1-21-11-3-2-4-16(21)18(21)19(24)23-22-12-15-9-10-17(27-15)13-5-7-14(8-6-13)20(25)26/h5-10,12,16,18H,2-4,11H2,1H3,(H,23,24)(H,25,26)/p-1/b22-12-/t16-,18-,21-/m1/s1. The van der Waals surface area contributed by atoms with E-state index in [1.165, 1.54) is 31.2 Å². The van der Waals surface area contributed by atoms with Gasteiger partial charge in [0.2, 0.25) is 5.91 Å². The van der Waals surface area contributed by atoms with Crippen LogP contribution in [-0.4, -0.2) is 18.1 Å². The van der Waals surface area contributed by atoms with Crippen LogP contribution in [0.5, 0.6) is 0 Å². The molecule has 6 heteroatoms. The smallest absolute Gasteiger partial charge is 0.244 e. The molecule has 0 saturated heterocycles. The number of amides is 1. The third kappa shape index (κ3) is 3.27. The Hall–Kier alpha value is -2.89. The van der Waals surface area contributed by atoms with E-state index in [9.17, 15) is 14.7 Å². The van der Waals surface area contributed by atoms with Gasteiger partial charge < -0.3 is 14.3 Å². The second-order valence-corrected chi connectivity index (χ2v) is 7.64. The van der Waals surface area contributed by atoms with Crippen molar-refractivity contribution >= 4 is 18.1 Å². The van der Waals surface area contributed by atoms with Crippen LogP contribution in [0.25, 0.3) is 11.3 Å². The molecule has 0 aliphatic heterocycles. The fraction of sp³-hybridized carbons (Fsp3) is 0.381. The summed E-state index contributed by atoms with van der Waals surface area (Å²) in [5.74, 6) is 0.452. The van der Waals surface area contributed by atoms with Crippen LogP contribution in [0.4, 0.5) is 0 Å². The van der Waals surface area contributed by atoms with E-state index in [0.717, 1.165) is 18.4 Å². The van der Waals surface area contributed by atoms with E-state index in [0.29, 0.717) is 17.4 Å². The van der Waals surface area contributed by atoms with Gasteiger partial charge in [-0.15, -0.1) is 0 Å². The number of carbonyl (C=O) groups is 2. The lowest BCUT2D eigenvalue weighted by atomic mass is 9.90. The topological polar surface area (TPSA) is 94.7 Å². The number of hydrogen-bond donors (Lipinski definition) is 1. The zero-order valence-electron chi connectivity index (χ0n) is 15.1. The van der Waals surface area contributed by atoms with Gasteiger partial charge in [0.15, 0.2) is 0 Å². The highest BCUT2D eigenvalue weighted by molar-refractivity contribution is 5.87. The Balaban J connectivity index is 1.36. The quantitative estimate of drug-likeness (QED) is 0.651. The first kappa shape index (κ1) is 17.5. The highest BCUT2D eigenvalue weighted by Gasteiger charge is 2.64. The van der Waals surface area contributed by atoms with Gasteiger partial charge in [-0.05, 0) is 41.9 Å². The molecular weight excluding hydrogens is 344 g/mol. The number of furan rings is 1. The summed E-state index contributed by atoms with van der Waals surface area (Å²) < 4.78 is 5.68. The molecule has 0 bridgehead atoms. The third-order valence-electron chi connectivity index (χ3n) is 6.01. The molecule has 2 saturated carbocycles. The molecule has 1 heterocycles. The van der Waals surface area contributed by atoms with Gasteiger partial charge in [0.1, 0.15) is 11.5 Å². The Morgan fingerprint density at radius 3 is 2.67 bits per heavy atom. The molecular formula is C21H21N2O4-. The number of hydrazone groups is 1. The molecule has 1 amide bonds. The minimum absolute atomic E-state index is 0.00898. The largest absolute Gasteiger partial charge is 0.545 e. The third-order valence-corrected chi connectivity index (χ3v) is 6.01. The Morgan fingerprint density at radius 2 is 2.00 bits per heavy atom. The molecule has 140 valence electrons. The summed E-state index contributed by atoms with van der Waals surface area (Å²) in [6, 6.07) is 9.77. The highest BCUT2D eigenvalue weighted by Crippen LogP contribution is 2.66. The number of nitrogens with zero attached hydrogens (tertiary/aromatic N) is 1. The van der Waals surface area contributed by atoms with Crippen molar-refractivity contribution in [3.63, 3.8) is 0 Å². The van der Waals surface area contributed by atoms with Crippen LogP contribution < -0.4 is 10.5 Å². The van der Waals surface area contributed by atoms with Gasteiger partial charge in [0, 0.05) is 11.5 Å². The maximum atomic E-state index is 12.4. The number of carboxylic acids is 1. The van der Waals surface area contributed by atoms with Gasteiger partial charge in [0.25, 0.3) is 0 Å². The summed E-state index contributed by atoms with van der Waals surface area (Å²) in [6.07, 6.45) is 6.16. The van der Waals surface area contributed by atoms with E-state index in [2.05, 4.69) is 17.5 Å². The molecule has 0 unspecified atom stereocenters. The Morgan fingerprint density at radius 1 is 1.22 bits per heavy atom. The number of benzene rings is 1. The van der Waals surface area contributed by atoms with Crippen molar-refractivity contribution in [3.05, 3.63) is 47.7 Å². The molecule has 1 aromatic heterocycles. The van der Waals surface area contributed by atoms with E-state index in [1.807, 2.05) is 0 Å². The predicted octanol–water partition coefficient (Wildman–Crippen LogP) is 2.59. The first-order valence-corrected chi connectivity index (χ1v) is 9.23. The van der Waals surface area contributed by atoms with Crippen LogP contribution in [0.2, 0.25) is 0 Å². The maximum Gasteiger partial charge on any atom is 0.244 e. The molecule has 2 aromatic rings. The van der Waals surface area contributed by atoms with E-state index in [4.69, 9.17) is 4.42 Å². The maximum absolute atomic E-state index is 12.4. The number of carboxylic acid groups (broad SMARTS) is 1. The molecule has 2 aliphatic carbocycles. The van der Waals surface area contributed by atoms with Crippen LogP contribution in [0.1, 0.15) is 48.7 Å². The second kappa shape index (κ2) is 6.68. The molecule has 0 radical (unpaired) electrons. The predicted molar refractivity (Wildman–Crippen MR) is 97.8 cm³/mol. The summed E-state index contributed by atoms with van der Waals surface area (Å²) in [4.78, 5) is 23.2. The SMILES string of the molecule is C[C@@]12CCCC[C@@H]1[C@@H]2C(=O)N/N=C\c1ccc(-c2ccc(C(=O)[O-])cc2)o1. The van der Waals surface area contributed by atoms with Crippen molar-refractivity contribution in [1.82, 2.24) is 5.43 Å². The lowest BCUT2D eigenvalue weighted by Crippen LogP contribution is -2.22. The van der Waals surface area contributed by atoms with Crippen LogP contribution >= 0.6 is 0 Å². The molecule has 2 aliphatic rings. The Kier molecular flexibility index (Phi) is 4.34. The number of nitrogens with one attached hydrogen (secondary N) is 1. The zero-order valence-corrected chi connectivity index (χ0v) is 15.1. The highest BCUT2D eigenvalue weighted by atomic mass is 16.4. The van der Waals surface area contributed by atoms with Crippen LogP contribution in [-0.2, 0) is 4.79 Å². The lowest BCUT2D eigenvalue weighted by Gasteiger charge is -2.15. The number of carbonyl (C=O) groups excluding carboxylic acids is 2. The average molecular weight is 365 g/mol. The van der Waals surface area contributed by atoms with Crippen molar-refractivity contribution in [2.75, 3.05) is 0 Å². The summed E-state index contributed by atoms with van der Waals surface area (Å²) in [5, 5.41) is 14.8. The first-order chi connectivity index (χ1) is 13.0. The monoisotopic (exact) mass is 365 g/mol.